The van der Waals surface area contributed by atoms with E-state index in [-0.39, 0.29) is 11.8 Å². The fourth-order valence-corrected chi connectivity index (χ4v) is 1.16. The summed E-state index contributed by atoms with van der Waals surface area (Å²) in [5.74, 6) is 0.0962. The molecule has 0 aliphatic heterocycles. The summed E-state index contributed by atoms with van der Waals surface area (Å²) in [4.78, 5) is 23.9. The maximum atomic E-state index is 11.2. The lowest BCUT2D eigenvalue weighted by atomic mass is 10.2. The number of hydrogen-bond acceptors (Lipinski definition) is 2. The second-order valence-electron chi connectivity index (χ2n) is 3.85. The first-order valence-electron chi connectivity index (χ1n) is 5.54. The summed E-state index contributed by atoms with van der Waals surface area (Å²) in [7, 11) is 3.43. The number of nitrogens with one attached hydrogen (secondary N) is 1. The van der Waals surface area contributed by atoms with Crippen LogP contribution in [0.25, 0.3) is 0 Å². The van der Waals surface area contributed by atoms with Gasteiger partial charge in [0, 0.05) is 33.5 Å². The van der Waals surface area contributed by atoms with Gasteiger partial charge in [0.15, 0.2) is 0 Å². The van der Waals surface area contributed by atoms with Crippen molar-refractivity contribution in [3.63, 3.8) is 0 Å². The van der Waals surface area contributed by atoms with E-state index in [0.29, 0.717) is 19.4 Å². The standard InChI is InChI=1S/C11H22N2O2/c1-4-5-6-7-10(14)12-9-8-11(15)13(2)3/h4-9H2,1-3H3,(H,12,14). The van der Waals surface area contributed by atoms with E-state index >= 15 is 0 Å². The highest BCUT2D eigenvalue weighted by Crippen LogP contribution is 1.98. The quantitative estimate of drug-likeness (QED) is 0.647. The Labute approximate surface area is 92.0 Å². The molecule has 0 bridgehead atoms. The predicted molar refractivity (Wildman–Crippen MR) is 60.5 cm³/mol. The van der Waals surface area contributed by atoms with Gasteiger partial charge in [-0.25, -0.2) is 0 Å². The largest absolute Gasteiger partial charge is 0.356 e. The van der Waals surface area contributed by atoms with Crippen molar-refractivity contribution in [3.05, 3.63) is 0 Å². The van der Waals surface area contributed by atoms with Crippen molar-refractivity contribution in [2.75, 3.05) is 20.6 Å². The number of hydrogen-bond donors (Lipinski definition) is 1. The molecule has 1 N–H and O–H groups in total. The summed E-state index contributed by atoms with van der Waals surface area (Å²) < 4.78 is 0. The lowest BCUT2D eigenvalue weighted by Gasteiger charge is -2.10. The van der Waals surface area contributed by atoms with Gasteiger partial charge < -0.3 is 10.2 Å². The van der Waals surface area contributed by atoms with Crippen molar-refractivity contribution >= 4 is 11.8 Å². The first kappa shape index (κ1) is 13.9. The van der Waals surface area contributed by atoms with Gasteiger partial charge in [-0.1, -0.05) is 19.8 Å². The lowest BCUT2D eigenvalue weighted by molar-refractivity contribution is -0.128. The summed E-state index contributed by atoms with van der Waals surface area (Å²) in [6, 6.07) is 0. The SMILES string of the molecule is CCCCCC(=O)NCCC(=O)N(C)C. The van der Waals surface area contributed by atoms with Crippen molar-refractivity contribution in [3.8, 4) is 0 Å². The molecule has 0 rings (SSSR count). The van der Waals surface area contributed by atoms with E-state index < -0.39 is 0 Å². The normalized spacial score (nSPS) is 9.80. The zero-order valence-electron chi connectivity index (χ0n) is 10.0. The van der Waals surface area contributed by atoms with Crippen LogP contribution in [0.5, 0.6) is 0 Å². The molecule has 0 aliphatic carbocycles. The molecule has 4 heteroatoms. The Morgan fingerprint density at radius 1 is 1.13 bits per heavy atom. The molecular formula is C11H22N2O2. The first-order chi connectivity index (χ1) is 7.07. The third-order valence-corrected chi connectivity index (χ3v) is 2.17. The number of rotatable bonds is 7. The van der Waals surface area contributed by atoms with Gasteiger partial charge in [0.2, 0.25) is 11.8 Å². The molecule has 0 spiro atoms. The van der Waals surface area contributed by atoms with Crippen LogP contribution >= 0.6 is 0 Å². The van der Waals surface area contributed by atoms with Crippen LogP contribution in [0.4, 0.5) is 0 Å². The smallest absolute Gasteiger partial charge is 0.223 e. The lowest BCUT2D eigenvalue weighted by Crippen LogP contribution is -2.29. The van der Waals surface area contributed by atoms with Gasteiger partial charge >= 0.3 is 0 Å². The van der Waals surface area contributed by atoms with E-state index in [4.69, 9.17) is 0 Å². The fraction of sp³-hybridized carbons (Fsp3) is 0.818. The molecule has 0 heterocycles. The molecule has 0 saturated heterocycles. The first-order valence-corrected chi connectivity index (χ1v) is 5.54. The summed E-state index contributed by atoms with van der Waals surface area (Å²) in [5, 5.41) is 2.74. The minimum Gasteiger partial charge on any atom is -0.356 e. The summed E-state index contributed by atoms with van der Waals surface area (Å²) in [6.07, 6.45) is 4.09. The second-order valence-corrected chi connectivity index (χ2v) is 3.85. The van der Waals surface area contributed by atoms with Crippen LogP contribution < -0.4 is 5.32 Å². The molecule has 88 valence electrons. The highest BCUT2D eigenvalue weighted by atomic mass is 16.2. The van der Waals surface area contributed by atoms with E-state index in [1.807, 2.05) is 0 Å². The number of amides is 2. The van der Waals surface area contributed by atoms with E-state index in [1.54, 1.807) is 14.1 Å². The van der Waals surface area contributed by atoms with E-state index in [0.717, 1.165) is 19.3 Å². The third-order valence-electron chi connectivity index (χ3n) is 2.17. The molecular weight excluding hydrogens is 192 g/mol. The van der Waals surface area contributed by atoms with Gasteiger partial charge in [0.25, 0.3) is 0 Å². The van der Waals surface area contributed by atoms with Crippen LogP contribution in [0.15, 0.2) is 0 Å². The Bertz CT molecular complexity index is 203. The van der Waals surface area contributed by atoms with Crippen molar-refractivity contribution in [2.45, 2.75) is 39.0 Å². The van der Waals surface area contributed by atoms with Crippen LogP contribution in [0.1, 0.15) is 39.0 Å². The Balaban J connectivity index is 3.42. The summed E-state index contributed by atoms with van der Waals surface area (Å²) >= 11 is 0. The van der Waals surface area contributed by atoms with Gasteiger partial charge in [0.1, 0.15) is 0 Å². The van der Waals surface area contributed by atoms with Crippen LogP contribution in [0.2, 0.25) is 0 Å². The monoisotopic (exact) mass is 214 g/mol. The Hall–Kier alpha value is -1.06. The summed E-state index contributed by atoms with van der Waals surface area (Å²) in [5.41, 5.74) is 0. The molecule has 0 radical (unpaired) electrons. The predicted octanol–water partition coefficient (Wildman–Crippen LogP) is 1.16. The number of carbonyl (C=O) groups is 2. The minimum absolute atomic E-state index is 0.0452. The van der Waals surface area contributed by atoms with Crippen molar-refractivity contribution < 1.29 is 9.59 Å². The highest BCUT2D eigenvalue weighted by Gasteiger charge is 2.04. The average Bonchev–Trinajstić information content (AvgIpc) is 2.18. The fourth-order valence-electron chi connectivity index (χ4n) is 1.16. The number of unbranched alkanes of at least 4 members (excludes halogenated alkanes) is 2. The van der Waals surface area contributed by atoms with E-state index in [1.165, 1.54) is 4.90 Å². The molecule has 0 atom stereocenters. The van der Waals surface area contributed by atoms with Crippen LogP contribution in [-0.2, 0) is 9.59 Å². The van der Waals surface area contributed by atoms with Crippen LogP contribution in [-0.4, -0.2) is 37.4 Å². The molecule has 0 fully saturated rings. The molecule has 0 aromatic carbocycles. The van der Waals surface area contributed by atoms with Gasteiger partial charge in [-0.2, -0.15) is 0 Å². The maximum Gasteiger partial charge on any atom is 0.223 e. The molecule has 0 aromatic rings. The molecule has 0 saturated carbocycles. The average molecular weight is 214 g/mol. The van der Waals surface area contributed by atoms with Crippen molar-refractivity contribution in [1.82, 2.24) is 10.2 Å². The van der Waals surface area contributed by atoms with Crippen molar-refractivity contribution in [2.24, 2.45) is 0 Å². The van der Waals surface area contributed by atoms with E-state index in [2.05, 4.69) is 12.2 Å². The third kappa shape index (κ3) is 7.97. The Morgan fingerprint density at radius 2 is 1.80 bits per heavy atom. The zero-order chi connectivity index (χ0) is 11.7. The van der Waals surface area contributed by atoms with Crippen LogP contribution in [0, 0.1) is 0 Å². The molecule has 0 unspecified atom stereocenters. The Morgan fingerprint density at radius 3 is 2.33 bits per heavy atom. The number of carbonyl (C=O) groups excluding carboxylic acids is 2. The summed E-state index contributed by atoms with van der Waals surface area (Å²) in [6.45, 7) is 2.55. The van der Waals surface area contributed by atoms with Crippen molar-refractivity contribution in [1.29, 1.82) is 0 Å². The van der Waals surface area contributed by atoms with Gasteiger partial charge in [-0.3, -0.25) is 9.59 Å². The topological polar surface area (TPSA) is 49.4 Å². The van der Waals surface area contributed by atoms with Gasteiger partial charge in [0.05, 0.1) is 0 Å². The Kier molecular flexibility index (Phi) is 7.68. The minimum atomic E-state index is 0.0452. The molecule has 4 nitrogen and oxygen atoms in total. The van der Waals surface area contributed by atoms with Gasteiger partial charge in [-0.15, -0.1) is 0 Å². The van der Waals surface area contributed by atoms with Gasteiger partial charge in [-0.05, 0) is 6.42 Å². The number of nitrogens with zero attached hydrogens (tertiary/aromatic N) is 1. The van der Waals surface area contributed by atoms with E-state index in [9.17, 15) is 9.59 Å². The molecule has 0 aromatic heterocycles. The second kappa shape index (κ2) is 8.26. The maximum absolute atomic E-state index is 11.2. The zero-order valence-corrected chi connectivity index (χ0v) is 10.0. The molecule has 0 aliphatic rings. The van der Waals surface area contributed by atoms with Crippen LogP contribution in [0.3, 0.4) is 0 Å². The highest BCUT2D eigenvalue weighted by molar-refractivity contribution is 5.78. The molecule has 15 heavy (non-hydrogen) atoms. The molecule has 2 amide bonds.